The number of nitrogens with zero attached hydrogens (tertiary/aromatic N) is 1. The summed E-state index contributed by atoms with van der Waals surface area (Å²) in [5.74, 6) is 0.630. The number of benzene rings is 2. The minimum atomic E-state index is -3.38. The molecule has 0 aliphatic carbocycles. The Morgan fingerprint density at radius 2 is 1.78 bits per heavy atom. The van der Waals surface area contributed by atoms with Crippen LogP contribution >= 0.6 is 0 Å². The second kappa shape index (κ2) is 6.99. The van der Waals surface area contributed by atoms with Crippen molar-refractivity contribution in [3.05, 3.63) is 42.5 Å². The lowest BCUT2D eigenvalue weighted by atomic mass is 9.95. The molecule has 0 radical (unpaired) electrons. The summed E-state index contributed by atoms with van der Waals surface area (Å²) in [6, 6.07) is 13.3. The highest BCUT2D eigenvalue weighted by Crippen LogP contribution is 2.27. The monoisotopic (exact) mass is 332 g/mol. The van der Waals surface area contributed by atoms with Gasteiger partial charge in [0.15, 0.2) is 0 Å². The maximum atomic E-state index is 12.9. The van der Waals surface area contributed by atoms with Crippen molar-refractivity contribution in [2.75, 3.05) is 26.7 Å². The lowest BCUT2D eigenvalue weighted by Gasteiger charge is -2.31. The highest BCUT2D eigenvalue weighted by Gasteiger charge is 2.29. The van der Waals surface area contributed by atoms with E-state index in [0.29, 0.717) is 23.9 Å². The Hall–Kier alpha value is -1.43. The first-order valence-electron chi connectivity index (χ1n) is 8.25. The average molecular weight is 332 g/mol. The molecule has 5 heteroatoms. The summed E-state index contributed by atoms with van der Waals surface area (Å²) in [4.78, 5) is 0.407. The average Bonchev–Trinajstić information content (AvgIpc) is 2.60. The Morgan fingerprint density at radius 3 is 2.48 bits per heavy atom. The van der Waals surface area contributed by atoms with Crippen LogP contribution in [-0.4, -0.2) is 39.4 Å². The zero-order valence-corrected chi connectivity index (χ0v) is 14.3. The van der Waals surface area contributed by atoms with E-state index in [0.717, 1.165) is 36.6 Å². The van der Waals surface area contributed by atoms with Crippen LogP contribution in [0.15, 0.2) is 47.4 Å². The van der Waals surface area contributed by atoms with Gasteiger partial charge < -0.3 is 5.32 Å². The van der Waals surface area contributed by atoms with Gasteiger partial charge in [0.05, 0.1) is 4.90 Å². The molecule has 4 nitrogen and oxygen atoms in total. The molecule has 1 fully saturated rings. The maximum absolute atomic E-state index is 12.9. The van der Waals surface area contributed by atoms with Gasteiger partial charge in [-0.05, 0) is 61.7 Å². The van der Waals surface area contributed by atoms with Gasteiger partial charge in [-0.2, -0.15) is 4.31 Å². The van der Waals surface area contributed by atoms with E-state index in [4.69, 9.17) is 0 Å². The maximum Gasteiger partial charge on any atom is 0.243 e. The van der Waals surface area contributed by atoms with Crippen molar-refractivity contribution >= 4 is 20.8 Å². The molecule has 1 aliphatic rings. The number of sulfonamides is 1. The lowest BCUT2D eigenvalue weighted by molar-refractivity contribution is 0.263. The zero-order valence-electron chi connectivity index (χ0n) is 13.5. The van der Waals surface area contributed by atoms with Crippen LogP contribution in [0, 0.1) is 5.92 Å². The van der Waals surface area contributed by atoms with Gasteiger partial charge in [0.25, 0.3) is 0 Å². The fraction of sp³-hybridized carbons (Fsp3) is 0.444. The predicted octanol–water partition coefficient (Wildman–Crippen LogP) is 2.85. The number of hydrogen-bond donors (Lipinski definition) is 1. The Labute approximate surface area is 138 Å². The van der Waals surface area contributed by atoms with Crippen molar-refractivity contribution in [1.29, 1.82) is 0 Å². The molecule has 124 valence electrons. The van der Waals surface area contributed by atoms with Crippen LogP contribution in [0.5, 0.6) is 0 Å². The van der Waals surface area contributed by atoms with E-state index in [9.17, 15) is 8.42 Å². The molecular formula is C18H24N2O2S. The van der Waals surface area contributed by atoms with E-state index in [-0.39, 0.29) is 0 Å². The molecule has 2 aromatic rings. The quantitative estimate of drug-likeness (QED) is 0.916. The molecule has 1 N–H and O–H groups in total. The smallest absolute Gasteiger partial charge is 0.243 e. The van der Waals surface area contributed by atoms with Crippen molar-refractivity contribution in [2.24, 2.45) is 5.92 Å². The number of nitrogens with one attached hydrogen (secondary N) is 1. The molecule has 0 amide bonds. The first-order chi connectivity index (χ1) is 11.1. The minimum Gasteiger partial charge on any atom is -0.320 e. The third-order valence-electron chi connectivity index (χ3n) is 4.73. The second-order valence-corrected chi connectivity index (χ2v) is 8.19. The van der Waals surface area contributed by atoms with Gasteiger partial charge in [-0.25, -0.2) is 8.42 Å². The third-order valence-corrected chi connectivity index (χ3v) is 6.63. The number of rotatable bonds is 5. The Balaban J connectivity index is 1.76. The first-order valence-corrected chi connectivity index (χ1v) is 9.69. The van der Waals surface area contributed by atoms with Crippen LogP contribution in [0.4, 0.5) is 0 Å². The van der Waals surface area contributed by atoms with Gasteiger partial charge in [0.2, 0.25) is 10.0 Å². The van der Waals surface area contributed by atoms with Gasteiger partial charge in [-0.1, -0.05) is 30.3 Å². The van der Waals surface area contributed by atoms with Crippen molar-refractivity contribution in [2.45, 2.75) is 24.2 Å². The molecule has 0 atom stereocenters. The highest BCUT2D eigenvalue weighted by molar-refractivity contribution is 7.89. The summed E-state index contributed by atoms with van der Waals surface area (Å²) in [5.41, 5.74) is 0. The van der Waals surface area contributed by atoms with Crippen LogP contribution < -0.4 is 5.32 Å². The van der Waals surface area contributed by atoms with Gasteiger partial charge in [0.1, 0.15) is 0 Å². The standard InChI is InChI=1S/C18H24N2O2S/c1-19-11-8-15-9-12-20(13-10-15)23(21,22)18-7-6-16-4-2-3-5-17(16)14-18/h2-7,14-15,19H,8-13H2,1H3. The van der Waals surface area contributed by atoms with Gasteiger partial charge >= 0.3 is 0 Å². The van der Waals surface area contributed by atoms with Crippen LogP contribution in [-0.2, 0) is 10.0 Å². The molecule has 23 heavy (non-hydrogen) atoms. The molecule has 0 unspecified atom stereocenters. The number of piperidine rings is 1. The summed E-state index contributed by atoms with van der Waals surface area (Å²) in [7, 11) is -1.42. The second-order valence-electron chi connectivity index (χ2n) is 6.25. The molecule has 2 aromatic carbocycles. The molecule has 3 rings (SSSR count). The normalized spacial score (nSPS) is 17.6. The Kier molecular flexibility index (Phi) is 4.99. The SMILES string of the molecule is CNCCC1CCN(S(=O)(=O)c2ccc3ccccc3c2)CC1. The molecule has 0 spiro atoms. The molecule has 0 saturated carbocycles. The van der Waals surface area contributed by atoms with Crippen LogP contribution in [0.3, 0.4) is 0 Å². The van der Waals surface area contributed by atoms with E-state index in [1.54, 1.807) is 16.4 Å². The number of hydrogen-bond acceptors (Lipinski definition) is 3. The summed E-state index contributed by atoms with van der Waals surface area (Å²) in [6.07, 6.45) is 3.03. The molecule has 1 heterocycles. The zero-order chi connectivity index (χ0) is 16.3. The molecule has 0 aromatic heterocycles. The molecule has 0 bridgehead atoms. The van der Waals surface area contributed by atoms with Crippen molar-refractivity contribution in [3.8, 4) is 0 Å². The molecule has 1 saturated heterocycles. The van der Waals surface area contributed by atoms with E-state index >= 15 is 0 Å². The van der Waals surface area contributed by atoms with Crippen molar-refractivity contribution < 1.29 is 8.42 Å². The lowest BCUT2D eigenvalue weighted by Crippen LogP contribution is -2.38. The fourth-order valence-electron chi connectivity index (χ4n) is 3.26. The van der Waals surface area contributed by atoms with Crippen LogP contribution in [0.25, 0.3) is 10.8 Å². The topological polar surface area (TPSA) is 49.4 Å². The largest absolute Gasteiger partial charge is 0.320 e. The Morgan fingerprint density at radius 1 is 1.09 bits per heavy atom. The van der Waals surface area contributed by atoms with E-state index in [2.05, 4.69) is 5.32 Å². The fourth-order valence-corrected chi connectivity index (χ4v) is 4.77. The van der Waals surface area contributed by atoms with Gasteiger partial charge in [-0.3, -0.25) is 0 Å². The number of fused-ring (bicyclic) bond motifs is 1. The Bertz CT molecular complexity index is 765. The summed E-state index contributed by atoms with van der Waals surface area (Å²) in [5, 5.41) is 5.20. The van der Waals surface area contributed by atoms with Gasteiger partial charge in [0, 0.05) is 13.1 Å². The predicted molar refractivity (Wildman–Crippen MR) is 94.0 cm³/mol. The molecule has 1 aliphatic heterocycles. The van der Waals surface area contributed by atoms with Crippen molar-refractivity contribution in [3.63, 3.8) is 0 Å². The summed E-state index contributed by atoms with van der Waals surface area (Å²) >= 11 is 0. The minimum absolute atomic E-state index is 0.407. The molecular weight excluding hydrogens is 308 g/mol. The van der Waals surface area contributed by atoms with E-state index < -0.39 is 10.0 Å². The van der Waals surface area contributed by atoms with Crippen LogP contribution in [0.1, 0.15) is 19.3 Å². The third kappa shape index (κ3) is 3.57. The summed E-state index contributed by atoms with van der Waals surface area (Å²) in [6.45, 7) is 2.26. The van der Waals surface area contributed by atoms with E-state index in [1.807, 2.05) is 37.4 Å². The van der Waals surface area contributed by atoms with Crippen molar-refractivity contribution in [1.82, 2.24) is 9.62 Å². The van der Waals surface area contributed by atoms with Gasteiger partial charge in [-0.15, -0.1) is 0 Å². The highest BCUT2D eigenvalue weighted by atomic mass is 32.2. The van der Waals surface area contributed by atoms with E-state index in [1.165, 1.54) is 0 Å². The first kappa shape index (κ1) is 16.4. The summed E-state index contributed by atoms with van der Waals surface area (Å²) < 4.78 is 27.4. The van der Waals surface area contributed by atoms with Crippen LogP contribution in [0.2, 0.25) is 0 Å².